The normalized spacial score (nSPS) is 13.6. The van der Waals surface area contributed by atoms with Crippen molar-refractivity contribution in [2.45, 2.75) is 39.4 Å². The number of halogens is 1. The molecule has 2 atom stereocenters. The molecule has 1 rings (SSSR count). The van der Waals surface area contributed by atoms with Gasteiger partial charge in [0, 0.05) is 0 Å². The molecule has 3 nitrogen and oxygen atoms in total. The molecule has 2 unspecified atom stereocenters. The molecule has 4 heteroatoms. The van der Waals surface area contributed by atoms with Gasteiger partial charge in [-0.1, -0.05) is 26.0 Å². The summed E-state index contributed by atoms with van der Waals surface area (Å²) < 4.78 is 11.0. The predicted octanol–water partition coefficient (Wildman–Crippen LogP) is -0.813. The molecule has 0 aliphatic carbocycles. The van der Waals surface area contributed by atoms with E-state index < -0.39 is 0 Å². The Kier molecular flexibility index (Phi) is 8.81. The first-order valence-corrected chi connectivity index (χ1v) is 6.34. The zero-order chi connectivity index (χ0) is 12.7. The first-order chi connectivity index (χ1) is 8.17. The molecule has 0 bridgehead atoms. The van der Waals surface area contributed by atoms with Crippen LogP contribution in [0.4, 0.5) is 0 Å². The second-order valence-electron chi connectivity index (χ2n) is 4.29. The summed E-state index contributed by atoms with van der Waals surface area (Å²) in [6, 6.07) is 8.26. The summed E-state index contributed by atoms with van der Waals surface area (Å²) in [5.74, 6) is 1.46. The van der Waals surface area contributed by atoms with E-state index in [1.165, 1.54) is 5.56 Å². The van der Waals surface area contributed by atoms with Gasteiger partial charge in [-0.2, -0.15) is 0 Å². The molecule has 0 fully saturated rings. The lowest BCUT2D eigenvalue weighted by Crippen LogP contribution is -3.00. The fourth-order valence-electron chi connectivity index (χ4n) is 1.59. The summed E-state index contributed by atoms with van der Waals surface area (Å²) in [4.78, 5) is 0. The van der Waals surface area contributed by atoms with Gasteiger partial charge in [-0.05, 0) is 37.0 Å². The summed E-state index contributed by atoms with van der Waals surface area (Å²) in [6.07, 6.45) is 0.939. The lowest BCUT2D eigenvalue weighted by atomic mass is 9.99. The Bertz CT molecular complexity index is 316. The molecule has 0 aliphatic rings. The molecule has 0 spiro atoms. The number of quaternary nitrogens is 1. The van der Waals surface area contributed by atoms with E-state index in [9.17, 15) is 0 Å². The lowest BCUT2D eigenvalue weighted by Gasteiger charge is -2.15. The molecule has 0 aromatic heterocycles. The second-order valence-corrected chi connectivity index (χ2v) is 4.29. The van der Waals surface area contributed by atoms with E-state index in [1.54, 1.807) is 0 Å². The monoisotopic (exact) mass is 273 g/mol. The van der Waals surface area contributed by atoms with Gasteiger partial charge in [0.2, 0.25) is 0 Å². The van der Waals surface area contributed by atoms with Crippen LogP contribution in [-0.4, -0.2) is 19.4 Å². The average molecular weight is 274 g/mol. The zero-order valence-electron chi connectivity index (χ0n) is 11.5. The Morgan fingerprint density at radius 2 is 1.78 bits per heavy atom. The molecule has 0 heterocycles. The smallest absolute Gasteiger partial charge is 0.197 e. The van der Waals surface area contributed by atoms with Crippen molar-refractivity contribution >= 4 is 0 Å². The minimum Gasteiger partial charge on any atom is -1.00 e. The van der Waals surface area contributed by atoms with Crippen LogP contribution in [0.5, 0.6) is 5.75 Å². The second kappa shape index (κ2) is 9.20. The van der Waals surface area contributed by atoms with Gasteiger partial charge in [-0.25, -0.2) is 0 Å². The van der Waals surface area contributed by atoms with E-state index in [-0.39, 0.29) is 18.7 Å². The molecule has 1 aromatic rings. The van der Waals surface area contributed by atoms with Crippen LogP contribution in [0.1, 0.15) is 38.7 Å². The van der Waals surface area contributed by atoms with E-state index in [4.69, 9.17) is 9.47 Å². The molecule has 0 aliphatic heterocycles. The molecule has 0 saturated carbocycles. The van der Waals surface area contributed by atoms with E-state index in [2.05, 4.69) is 31.7 Å². The Labute approximate surface area is 116 Å². The van der Waals surface area contributed by atoms with Crippen LogP contribution in [0.3, 0.4) is 0 Å². The minimum atomic E-state index is -0.216. The highest BCUT2D eigenvalue weighted by Crippen LogP contribution is 2.22. The van der Waals surface area contributed by atoms with E-state index in [1.807, 2.05) is 19.1 Å². The summed E-state index contributed by atoms with van der Waals surface area (Å²) >= 11 is 0. The predicted molar refractivity (Wildman–Crippen MR) is 68.9 cm³/mol. The number of hydrogen-bond donors (Lipinski definition) is 1. The van der Waals surface area contributed by atoms with Gasteiger partial charge in [0.25, 0.3) is 0 Å². The lowest BCUT2D eigenvalue weighted by molar-refractivity contribution is -0.377. The van der Waals surface area contributed by atoms with Crippen molar-refractivity contribution in [3.63, 3.8) is 0 Å². The van der Waals surface area contributed by atoms with Crippen LogP contribution in [0.25, 0.3) is 0 Å². The Morgan fingerprint density at radius 3 is 2.28 bits per heavy atom. The third kappa shape index (κ3) is 5.71. The maximum absolute atomic E-state index is 5.63. The Hall–Kier alpha value is -0.770. The van der Waals surface area contributed by atoms with E-state index in [0.717, 1.165) is 18.7 Å². The standard InChI is InChI=1S/C14H23NO2.ClH/c1-4-11(2)13-5-7-14(8-6-13)17-12(3)16-10-9-15;/h5-8,11-12H,4,9-10,15H2,1-3H3;1H. The highest BCUT2D eigenvalue weighted by molar-refractivity contribution is 5.29. The molecule has 0 saturated heterocycles. The summed E-state index contributed by atoms with van der Waals surface area (Å²) in [5.41, 5.74) is 5.08. The highest BCUT2D eigenvalue weighted by Gasteiger charge is 2.06. The summed E-state index contributed by atoms with van der Waals surface area (Å²) in [6.45, 7) is 7.73. The van der Waals surface area contributed by atoms with Gasteiger partial charge in [-0.15, -0.1) is 0 Å². The third-order valence-electron chi connectivity index (χ3n) is 2.86. The van der Waals surface area contributed by atoms with E-state index >= 15 is 0 Å². The minimum absolute atomic E-state index is 0. The fraction of sp³-hybridized carbons (Fsp3) is 0.571. The van der Waals surface area contributed by atoms with Crippen molar-refractivity contribution in [1.29, 1.82) is 0 Å². The molecule has 0 amide bonds. The van der Waals surface area contributed by atoms with Gasteiger partial charge in [-0.3, -0.25) is 0 Å². The Balaban J connectivity index is 0.00000289. The molecule has 0 radical (unpaired) electrons. The molecular formula is C14H24ClNO2. The van der Waals surface area contributed by atoms with Gasteiger partial charge >= 0.3 is 0 Å². The number of hydrogen-bond acceptors (Lipinski definition) is 2. The zero-order valence-corrected chi connectivity index (χ0v) is 12.2. The van der Waals surface area contributed by atoms with Crippen molar-refractivity contribution < 1.29 is 27.6 Å². The van der Waals surface area contributed by atoms with Crippen LogP contribution in [0.15, 0.2) is 24.3 Å². The molecule has 3 N–H and O–H groups in total. The molecular weight excluding hydrogens is 250 g/mol. The molecule has 104 valence electrons. The third-order valence-corrected chi connectivity index (χ3v) is 2.86. The fourth-order valence-corrected chi connectivity index (χ4v) is 1.59. The van der Waals surface area contributed by atoms with Crippen LogP contribution in [-0.2, 0) is 4.74 Å². The first kappa shape index (κ1) is 17.2. The van der Waals surface area contributed by atoms with Crippen LogP contribution in [0, 0.1) is 0 Å². The van der Waals surface area contributed by atoms with Crippen LogP contribution >= 0.6 is 0 Å². The number of ether oxygens (including phenoxy) is 2. The topological polar surface area (TPSA) is 46.1 Å². The van der Waals surface area contributed by atoms with Gasteiger partial charge in [0.05, 0.1) is 13.2 Å². The average Bonchev–Trinajstić information content (AvgIpc) is 2.36. The highest BCUT2D eigenvalue weighted by atomic mass is 35.5. The van der Waals surface area contributed by atoms with Crippen molar-refractivity contribution in [2.24, 2.45) is 0 Å². The van der Waals surface area contributed by atoms with Crippen molar-refractivity contribution in [1.82, 2.24) is 0 Å². The molecule has 18 heavy (non-hydrogen) atoms. The maximum atomic E-state index is 5.63. The van der Waals surface area contributed by atoms with Crippen LogP contribution < -0.4 is 22.9 Å². The van der Waals surface area contributed by atoms with Gasteiger partial charge in [0.1, 0.15) is 5.75 Å². The van der Waals surface area contributed by atoms with Gasteiger partial charge in [0.15, 0.2) is 6.29 Å². The summed E-state index contributed by atoms with van der Waals surface area (Å²) in [5, 5.41) is 0. The Morgan fingerprint density at radius 1 is 1.17 bits per heavy atom. The van der Waals surface area contributed by atoms with Gasteiger partial charge < -0.3 is 27.6 Å². The van der Waals surface area contributed by atoms with Crippen LogP contribution in [0.2, 0.25) is 0 Å². The summed E-state index contributed by atoms with van der Waals surface area (Å²) in [7, 11) is 0. The quantitative estimate of drug-likeness (QED) is 0.661. The van der Waals surface area contributed by atoms with Crippen molar-refractivity contribution in [2.75, 3.05) is 13.2 Å². The number of benzene rings is 1. The largest absolute Gasteiger partial charge is 1.00 e. The number of rotatable bonds is 7. The van der Waals surface area contributed by atoms with E-state index in [0.29, 0.717) is 12.5 Å². The maximum Gasteiger partial charge on any atom is 0.197 e. The first-order valence-electron chi connectivity index (χ1n) is 6.34. The SMILES string of the molecule is CCC(C)c1ccc(OC(C)OCC[NH3+])cc1.[Cl-]. The van der Waals surface area contributed by atoms with Crippen molar-refractivity contribution in [3.8, 4) is 5.75 Å². The van der Waals surface area contributed by atoms with Crippen molar-refractivity contribution in [3.05, 3.63) is 29.8 Å². The molecule has 1 aromatic carbocycles.